The lowest BCUT2D eigenvalue weighted by molar-refractivity contribution is -0.384. The fourth-order valence-corrected chi connectivity index (χ4v) is 2.75. The first kappa shape index (κ1) is 12.9. The average Bonchev–Trinajstić information content (AvgIpc) is 2.79. The lowest BCUT2D eigenvalue weighted by Crippen LogP contribution is -2.52. The Morgan fingerprint density at radius 1 is 1.45 bits per heavy atom. The molecule has 2 amide bonds. The van der Waals surface area contributed by atoms with Gasteiger partial charge in [-0.15, -0.1) is 0 Å². The van der Waals surface area contributed by atoms with Gasteiger partial charge in [-0.2, -0.15) is 0 Å². The number of hydrogen-bond acceptors (Lipinski definition) is 5. The van der Waals surface area contributed by atoms with Crippen LogP contribution < -0.4 is 10.2 Å². The Morgan fingerprint density at radius 3 is 3.00 bits per heavy atom. The summed E-state index contributed by atoms with van der Waals surface area (Å²) in [6, 6.07) is 2.64. The van der Waals surface area contributed by atoms with Crippen molar-refractivity contribution < 1.29 is 9.72 Å². The molecule has 2 fully saturated rings. The van der Waals surface area contributed by atoms with Crippen molar-refractivity contribution in [3.05, 3.63) is 27.4 Å². The Kier molecular flexibility index (Phi) is 3.09. The normalized spacial score (nSPS) is 21.6. The maximum atomic E-state index is 11.5. The third-order valence-electron chi connectivity index (χ3n) is 3.53. The highest BCUT2D eigenvalue weighted by Gasteiger charge is 2.36. The molecule has 2 saturated heterocycles. The second kappa shape index (κ2) is 4.78. The number of nitrogens with zero attached hydrogens (tertiary/aromatic N) is 4. The van der Waals surface area contributed by atoms with Crippen LogP contribution in [0.25, 0.3) is 0 Å². The van der Waals surface area contributed by atoms with E-state index >= 15 is 0 Å². The topological polar surface area (TPSA) is 91.6 Å². The van der Waals surface area contributed by atoms with Crippen LogP contribution in [-0.4, -0.2) is 53.1 Å². The monoisotopic (exact) mass is 297 g/mol. The number of anilines is 1. The van der Waals surface area contributed by atoms with E-state index in [1.54, 1.807) is 4.90 Å². The second-order valence-corrected chi connectivity index (χ2v) is 5.13. The van der Waals surface area contributed by atoms with Crippen molar-refractivity contribution in [2.45, 2.75) is 6.04 Å². The van der Waals surface area contributed by atoms with Crippen LogP contribution in [-0.2, 0) is 0 Å². The van der Waals surface area contributed by atoms with E-state index in [4.69, 9.17) is 11.6 Å². The number of rotatable bonds is 2. The number of aromatic nitrogens is 1. The van der Waals surface area contributed by atoms with Crippen LogP contribution in [0.4, 0.5) is 16.3 Å². The molecule has 3 rings (SSSR count). The van der Waals surface area contributed by atoms with E-state index < -0.39 is 4.92 Å². The van der Waals surface area contributed by atoms with Gasteiger partial charge in [-0.1, -0.05) is 11.6 Å². The average molecular weight is 298 g/mol. The zero-order valence-electron chi connectivity index (χ0n) is 10.5. The van der Waals surface area contributed by atoms with E-state index in [1.165, 1.54) is 12.1 Å². The molecule has 2 aliphatic rings. The summed E-state index contributed by atoms with van der Waals surface area (Å²) in [5, 5.41) is 13.7. The molecule has 0 saturated carbocycles. The Morgan fingerprint density at radius 2 is 2.25 bits per heavy atom. The summed E-state index contributed by atoms with van der Waals surface area (Å²) in [7, 11) is 0. The first-order chi connectivity index (χ1) is 9.54. The van der Waals surface area contributed by atoms with Crippen LogP contribution in [0.2, 0.25) is 5.15 Å². The van der Waals surface area contributed by atoms with Crippen molar-refractivity contribution in [2.24, 2.45) is 0 Å². The molecule has 20 heavy (non-hydrogen) atoms. The second-order valence-electron chi connectivity index (χ2n) is 4.74. The van der Waals surface area contributed by atoms with E-state index in [0.717, 1.165) is 0 Å². The Hall–Kier alpha value is -2.09. The molecule has 8 nitrogen and oxygen atoms in total. The summed E-state index contributed by atoms with van der Waals surface area (Å²) >= 11 is 5.83. The standard InChI is InChI=1S/C11H12ClN5O3/c12-9-3-7(17(19)20)4-10(14-9)15-1-2-16-8(6-15)5-13-11(16)18/h3-4,8H,1-2,5-6H2,(H,13,18). The minimum Gasteiger partial charge on any atom is -0.352 e. The summed E-state index contributed by atoms with van der Waals surface area (Å²) in [5.41, 5.74) is -0.0805. The van der Waals surface area contributed by atoms with E-state index in [9.17, 15) is 14.9 Å². The van der Waals surface area contributed by atoms with Crippen LogP contribution in [0.3, 0.4) is 0 Å². The van der Waals surface area contributed by atoms with Gasteiger partial charge in [0.15, 0.2) is 0 Å². The first-order valence-electron chi connectivity index (χ1n) is 6.16. The smallest absolute Gasteiger partial charge is 0.317 e. The van der Waals surface area contributed by atoms with Gasteiger partial charge in [0, 0.05) is 26.2 Å². The van der Waals surface area contributed by atoms with Gasteiger partial charge in [-0.25, -0.2) is 9.78 Å². The minimum atomic E-state index is -0.492. The lowest BCUT2D eigenvalue weighted by Gasteiger charge is -2.37. The van der Waals surface area contributed by atoms with Gasteiger partial charge in [0.2, 0.25) is 0 Å². The molecular weight excluding hydrogens is 286 g/mol. The van der Waals surface area contributed by atoms with Crippen LogP contribution in [0.5, 0.6) is 0 Å². The van der Waals surface area contributed by atoms with E-state index in [0.29, 0.717) is 32.0 Å². The summed E-state index contributed by atoms with van der Waals surface area (Å²) in [5.74, 6) is 0.475. The fraction of sp³-hybridized carbons (Fsp3) is 0.455. The Labute approximate surface area is 119 Å². The van der Waals surface area contributed by atoms with E-state index in [1.807, 2.05) is 4.90 Å². The Bertz CT molecular complexity index is 581. The summed E-state index contributed by atoms with van der Waals surface area (Å²) < 4.78 is 0. The zero-order valence-corrected chi connectivity index (χ0v) is 11.2. The fourth-order valence-electron chi connectivity index (χ4n) is 2.55. The summed E-state index contributed by atoms with van der Waals surface area (Å²) in [6.07, 6.45) is 0. The Balaban J connectivity index is 1.83. The molecule has 9 heteroatoms. The van der Waals surface area contributed by atoms with Gasteiger partial charge < -0.3 is 15.1 Å². The van der Waals surface area contributed by atoms with Crippen molar-refractivity contribution >= 4 is 29.1 Å². The van der Waals surface area contributed by atoms with Gasteiger partial charge in [0.05, 0.1) is 23.1 Å². The van der Waals surface area contributed by atoms with Crippen molar-refractivity contribution in [1.29, 1.82) is 0 Å². The van der Waals surface area contributed by atoms with Gasteiger partial charge in [-0.3, -0.25) is 10.1 Å². The SMILES string of the molecule is O=C1NCC2CN(c3cc([N+](=O)[O-])cc(Cl)n3)CCN12. The molecule has 106 valence electrons. The molecule has 1 atom stereocenters. The number of nitro groups is 1. The van der Waals surface area contributed by atoms with Crippen LogP contribution in [0.1, 0.15) is 0 Å². The summed E-state index contributed by atoms with van der Waals surface area (Å²) in [6.45, 7) is 2.31. The molecule has 1 aromatic heterocycles. The molecule has 1 aromatic rings. The number of carbonyl (C=O) groups excluding carboxylic acids is 1. The number of hydrogen-bond donors (Lipinski definition) is 1. The van der Waals surface area contributed by atoms with E-state index in [2.05, 4.69) is 10.3 Å². The van der Waals surface area contributed by atoms with Crippen LogP contribution >= 0.6 is 11.6 Å². The van der Waals surface area contributed by atoms with E-state index in [-0.39, 0.29) is 22.9 Å². The van der Waals surface area contributed by atoms with Gasteiger partial charge in [-0.05, 0) is 0 Å². The number of halogens is 1. The van der Waals surface area contributed by atoms with Gasteiger partial charge >= 0.3 is 6.03 Å². The number of fused-ring (bicyclic) bond motifs is 1. The maximum absolute atomic E-state index is 11.5. The number of carbonyl (C=O) groups is 1. The van der Waals surface area contributed by atoms with Crippen LogP contribution in [0.15, 0.2) is 12.1 Å². The molecule has 0 spiro atoms. The lowest BCUT2D eigenvalue weighted by atomic mass is 10.2. The quantitative estimate of drug-likeness (QED) is 0.496. The number of amides is 2. The maximum Gasteiger partial charge on any atom is 0.317 e. The minimum absolute atomic E-state index is 0.0558. The molecule has 2 aliphatic heterocycles. The highest BCUT2D eigenvalue weighted by molar-refractivity contribution is 6.29. The third-order valence-corrected chi connectivity index (χ3v) is 3.73. The van der Waals surface area contributed by atoms with Crippen molar-refractivity contribution in [3.63, 3.8) is 0 Å². The summed E-state index contributed by atoms with van der Waals surface area (Å²) in [4.78, 5) is 29.7. The number of nitrogens with one attached hydrogen (secondary N) is 1. The number of piperazine rings is 1. The highest BCUT2D eigenvalue weighted by atomic mass is 35.5. The van der Waals surface area contributed by atoms with Crippen molar-refractivity contribution in [3.8, 4) is 0 Å². The largest absolute Gasteiger partial charge is 0.352 e. The zero-order chi connectivity index (χ0) is 14.3. The molecule has 0 bridgehead atoms. The van der Waals surface area contributed by atoms with Crippen LogP contribution in [0, 0.1) is 10.1 Å². The molecule has 3 heterocycles. The molecule has 0 aromatic carbocycles. The molecule has 0 aliphatic carbocycles. The number of urea groups is 1. The first-order valence-corrected chi connectivity index (χ1v) is 6.54. The third kappa shape index (κ3) is 2.22. The molecule has 1 N–H and O–H groups in total. The highest BCUT2D eigenvalue weighted by Crippen LogP contribution is 2.25. The predicted molar refractivity (Wildman–Crippen MR) is 72.0 cm³/mol. The molecule has 1 unspecified atom stereocenters. The van der Waals surface area contributed by atoms with Gasteiger partial charge in [0.25, 0.3) is 5.69 Å². The van der Waals surface area contributed by atoms with Gasteiger partial charge in [0.1, 0.15) is 11.0 Å². The van der Waals surface area contributed by atoms with Crippen molar-refractivity contribution in [2.75, 3.05) is 31.1 Å². The van der Waals surface area contributed by atoms with Crippen molar-refractivity contribution in [1.82, 2.24) is 15.2 Å². The molecule has 0 radical (unpaired) electrons. The number of pyridine rings is 1. The molecular formula is C11H12ClN5O3. The predicted octanol–water partition coefficient (Wildman–Crippen LogP) is 0.857.